The number of nitrogens with zero attached hydrogens (tertiary/aromatic N) is 5. The Bertz CT molecular complexity index is 582. The van der Waals surface area contributed by atoms with E-state index in [9.17, 15) is 4.79 Å². The highest BCUT2D eigenvalue weighted by Crippen LogP contribution is 2.26. The first kappa shape index (κ1) is 19.3. The van der Waals surface area contributed by atoms with E-state index in [1.54, 1.807) is 0 Å². The Morgan fingerprint density at radius 1 is 1.15 bits per heavy atom. The van der Waals surface area contributed by atoms with Gasteiger partial charge in [0.05, 0.1) is 19.6 Å². The number of carbonyl (C=O) groups excluding carboxylic acids is 1. The van der Waals surface area contributed by atoms with Gasteiger partial charge in [-0.3, -0.25) is 9.69 Å². The quantitative estimate of drug-likeness (QED) is 0.693. The second-order valence-corrected chi connectivity index (χ2v) is 7.50. The lowest BCUT2D eigenvalue weighted by molar-refractivity contribution is -0.133. The summed E-state index contributed by atoms with van der Waals surface area (Å²) < 4.78 is 7.48. The number of likely N-dealkylation sites (tertiary alicyclic amines) is 2. The molecule has 26 heavy (non-hydrogen) atoms. The lowest BCUT2D eigenvalue weighted by Gasteiger charge is -2.32. The van der Waals surface area contributed by atoms with Gasteiger partial charge in [0, 0.05) is 32.7 Å². The van der Waals surface area contributed by atoms with Crippen LogP contribution in [0.25, 0.3) is 0 Å². The van der Waals surface area contributed by atoms with Crippen molar-refractivity contribution in [3.8, 4) is 0 Å². The Morgan fingerprint density at radius 2 is 1.96 bits per heavy atom. The number of amides is 1. The molecule has 7 nitrogen and oxygen atoms in total. The SMILES string of the molecule is CCOCCC(=O)N1CCC[C@@H](c2nnc(CN3CCCCC3)n2C)C1. The van der Waals surface area contributed by atoms with Crippen molar-refractivity contribution in [2.24, 2.45) is 7.05 Å². The molecule has 0 spiro atoms. The summed E-state index contributed by atoms with van der Waals surface area (Å²) in [7, 11) is 2.07. The first-order valence-electron chi connectivity index (χ1n) is 10.1. The van der Waals surface area contributed by atoms with E-state index in [4.69, 9.17) is 4.74 Å². The fourth-order valence-corrected chi connectivity index (χ4v) is 4.06. The van der Waals surface area contributed by atoms with Crippen LogP contribution in [0.5, 0.6) is 0 Å². The van der Waals surface area contributed by atoms with E-state index >= 15 is 0 Å². The van der Waals surface area contributed by atoms with Gasteiger partial charge in [-0.05, 0) is 45.7 Å². The van der Waals surface area contributed by atoms with E-state index in [0.29, 0.717) is 19.6 Å². The van der Waals surface area contributed by atoms with E-state index in [0.717, 1.165) is 57.2 Å². The van der Waals surface area contributed by atoms with Crippen molar-refractivity contribution in [2.75, 3.05) is 39.4 Å². The van der Waals surface area contributed by atoms with Gasteiger partial charge in [-0.15, -0.1) is 10.2 Å². The number of aromatic nitrogens is 3. The average molecular weight is 364 g/mol. The summed E-state index contributed by atoms with van der Waals surface area (Å²) in [6.45, 7) is 7.93. The van der Waals surface area contributed by atoms with Crippen LogP contribution in [0, 0.1) is 0 Å². The van der Waals surface area contributed by atoms with Crippen LogP contribution in [0.1, 0.15) is 63.0 Å². The van der Waals surface area contributed by atoms with Crippen molar-refractivity contribution < 1.29 is 9.53 Å². The summed E-state index contributed by atoms with van der Waals surface area (Å²) in [5, 5.41) is 8.96. The summed E-state index contributed by atoms with van der Waals surface area (Å²) in [6, 6.07) is 0. The van der Waals surface area contributed by atoms with Crippen LogP contribution in [0.3, 0.4) is 0 Å². The average Bonchev–Trinajstić information content (AvgIpc) is 3.03. The Hall–Kier alpha value is -1.47. The van der Waals surface area contributed by atoms with Crippen molar-refractivity contribution in [1.82, 2.24) is 24.6 Å². The molecule has 0 bridgehead atoms. The van der Waals surface area contributed by atoms with Gasteiger partial charge >= 0.3 is 0 Å². The number of carbonyl (C=O) groups is 1. The van der Waals surface area contributed by atoms with E-state index in [-0.39, 0.29) is 11.8 Å². The number of hydrogen-bond acceptors (Lipinski definition) is 5. The smallest absolute Gasteiger partial charge is 0.224 e. The van der Waals surface area contributed by atoms with Gasteiger partial charge in [-0.1, -0.05) is 6.42 Å². The predicted octanol–water partition coefficient (Wildman–Crippen LogP) is 1.93. The number of rotatable bonds is 7. The molecule has 0 radical (unpaired) electrons. The maximum atomic E-state index is 12.4. The van der Waals surface area contributed by atoms with Crippen molar-refractivity contribution in [3.05, 3.63) is 11.6 Å². The van der Waals surface area contributed by atoms with E-state index in [1.807, 2.05) is 11.8 Å². The molecule has 0 aromatic carbocycles. The van der Waals surface area contributed by atoms with Crippen LogP contribution in [-0.4, -0.2) is 69.9 Å². The van der Waals surface area contributed by atoms with Gasteiger partial charge in [0.15, 0.2) is 0 Å². The summed E-state index contributed by atoms with van der Waals surface area (Å²) in [6.07, 6.45) is 6.48. The largest absolute Gasteiger partial charge is 0.381 e. The molecule has 1 aromatic rings. The Morgan fingerprint density at radius 3 is 2.73 bits per heavy atom. The van der Waals surface area contributed by atoms with E-state index < -0.39 is 0 Å². The van der Waals surface area contributed by atoms with Gasteiger partial charge < -0.3 is 14.2 Å². The fraction of sp³-hybridized carbons (Fsp3) is 0.842. The third-order valence-electron chi connectivity index (χ3n) is 5.62. The molecule has 0 saturated carbocycles. The highest BCUT2D eigenvalue weighted by molar-refractivity contribution is 5.76. The molecule has 0 aliphatic carbocycles. The molecule has 3 rings (SSSR count). The van der Waals surface area contributed by atoms with Crippen LogP contribution in [-0.2, 0) is 23.1 Å². The molecule has 1 amide bonds. The van der Waals surface area contributed by atoms with Crippen LogP contribution in [0.2, 0.25) is 0 Å². The predicted molar refractivity (Wildman–Crippen MR) is 99.8 cm³/mol. The third kappa shape index (κ3) is 4.82. The van der Waals surface area contributed by atoms with Gasteiger partial charge in [0.1, 0.15) is 11.6 Å². The normalized spacial score (nSPS) is 21.9. The standard InChI is InChI=1S/C19H33N5O2/c1-3-26-13-9-18(25)24-12-7-8-16(14-24)19-21-20-17(22(19)2)15-23-10-5-4-6-11-23/h16H,3-15H2,1-2H3/t16-/m1/s1. The molecule has 2 aliphatic rings. The van der Waals surface area contributed by atoms with Crippen LogP contribution < -0.4 is 0 Å². The second kappa shape index (κ2) is 9.46. The summed E-state index contributed by atoms with van der Waals surface area (Å²) in [4.78, 5) is 16.9. The molecular formula is C19H33N5O2. The molecule has 146 valence electrons. The first-order valence-corrected chi connectivity index (χ1v) is 10.1. The van der Waals surface area contributed by atoms with Crippen molar-refractivity contribution in [1.29, 1.82) is 0 Å². The lowest BCUT2D eigenvalue weighted by Crippen LogP contribution is -2.40. The Kier molecular flexibility index (Phi) is 7.02. The number of hydrogen-bond donors (Lipinski definition) is 0. The summed E-state index contributed by atoms with van der Waals surface area (Å²) in [5.41, 5.74) is 0. The summed E-state index contributed by atoms with van der Waals surface area (Å²) >= 11 is 0. The zero-order valence-electron chi connectivity index (χ0n) is 16.3. The minimum atomic E-state index is 0.193. The number of piperidine rings is 2. The Balaban J connectivity index is 1.58. The van der Waals surface area contributed by atoms with Gasteiger partial charge in [-0.25, -0.2) is 0 Å². The van der Waals surface area contributed by atoms with Gasteiger partial charge in [0.2, 0.25) is 5.91 Å². The van der Waals surface area contributed by atoms with Crippen LogP contribution in [0.4, 0.5) is 0 Å². The monoisotopic (exact) mass is 363 g/mol. The summed E-state index contributed by atoms with van der Waals surface area (Å²) in [5.74, 6) is 2.55. The zero-order chi connectivity index (χ0) is 18.4. The molecule has 0 unspecified atom stereocenters. The molecule has 2 fully saturated rings. The maximum absolute atomic E-state index is 12.4. The Labute approximate surface area is 156 Å². The minimum absolute atomic E-state index is 0.193. The van der Waals surface area contributed by atoms with Gasteiger partial charge in [0.25, 0.3) is 0 Å². The highest BCUT2D eigenvalue weighted by atomic mass is 16.5. The molecule has 1 aromatic heterocycles. The first-order chi connectivity index (χ1) is 12.7. The zero-order valence-corrected chi connectivity index (χ0v) is 16.3. The molecule has 2 aliphatic heterocycles. The second-order valence-electron chi connectivity index (χ2n) is 7.50. The van der Waals surface area contributed by atoms with Crippen molar-refractivity contribution >= 4 is 5.91 Å². The molecule has 7 heteroatoms. The molecule has 3 heterocycles. The molecule has 1 atom stereocenters. The minimum Gasteiger partial charge on any atom is -0.381 e. The molecular weight excluding hydrogens is 330 g/mol. The van der Waals surface area contributed by atoms with E-state index in [1.165, 1.54) is 19.3 Å². The van der Waals surface area contributed by atoms with Crippen LogP contribution in [0.15, 0.2) is 0 Å². The highest BCUT2D eigenvalue weighted by Gasteiger charge is 2.28. The fourth-order valence-electron chi connectivity index (χ4n) is 4.06. The van der Waals surface area contributed by atoms with Crippen molar-refractivity contribution in [3.63, 3.8) is 0 Å². The van der Waals surface area contributed by atoms with Crippen LogP contribution >= 0.6 is 0 Å². The molecule has 2 saturated heterocycles. The lowest BCUT2D eigenvalue weighted by atomic mass is 9.97. The third-order valence-corrected chi connectivity index (χ3v) is 5.62. The maximum Gasteiger partial charge on any atom is 0.224 e. The van der Waals surface area contributed by atoms with Gasteiger partial charge in [-0.2, -0.15) is 0 Å². The molecule has 0 N–H and O–H groups in total. The van der Waals surface area contributed by atoms with E-state index in [2.05, 4.69) is 26.7 Å². The number of ether oxygens (including phenoxy) is 1. The van der Waals surface area contributed by atoms with Crippen molar-refractivity contribution in [2.45, 2.75) is 57.9 Å². The topological polar surface area (TPSA) is 63.5 Å².